The molecule has 1 saturated heterocycles. The molecule has 0 amide bonds. The summed E-state index contributed by atoms with van der Waals surface area (Å²) in [5.41, 5.74) is 1.56. The van der Waals surface area contributed by atoms with Gasteiger partial charge in [0.1, 0.15) is 5.75 Å². The molecule has 1 aromatic heterocycles. The normalized spacial score (nSPS) is 15.5. The summed E-state index contributed by atoms with van der Waals surface area (Å²) >= 11 is 1.45. The number of phenols is 1. The van der Waals surface area contributed by atoms with Crippen molar-refractivity contribution in [3.63, 3.8) is 0 Å². The first kappa shape index (κ1) is 20.5. The Morgan fingerprint density at radius 3 is 2.70 bits per heavy atom. The quantitative estimate of drug-likeness (QED) is 0.542. The Kier molecular flexibility index (Phi) is 6.14. The van der Waals surface area contributed by atoms with Crippen LogP contribution in [-0.4, -0.2) is 49.0 Å². The van der Waals surface area contributed by atoms with E-state index in [2.05, 4.69) is 15.6 Å². The van der Waals surface area contributed by atoms with E-state index in [0.717, 1.165) is 10.4 Å². The molecular weight excluding hydrogens is 420 g/mol. The molecule has 30 heavy (non-hydrogen) atoms. The maximum absolute atomic E-state index is 12.9. The van der Waals surface area contributed by atoms with Gasteiger partial charge in [0, 0.05) is 42.9 Å². The molecular formula is C21H22N4O3S2. The lowest BCUT2D eigenvalue weighted by atomic mass is 10.2. The van der Waals surface area contributed by atoms with Crippen molar-refractivity contribution >= 4 is 44.3 Å². The fraction of sp³-hybridized carbons (Fsp3) is 0.190. The summed E-state index contributed by atoms with van der Waals surface area (Å²) in [6.45, 7) is 2.27. The van der Waals surface area contributed by atoms with Crippen molar-refractivity contribution in [3.8, 4) is 5.75 Å². The number of aromatic hydroxyl groups is 1. The third-order valence-electron chi connectivity index (χ3n) is 4.63. The van der Waals surface area contributed by atoms with Gasteiger partial charge in [-0.05, 0) is 42.0 Å². The van der Waals surface area contributed by atoms with Gasteiger partial charge in [-0.3, -0.25) is 0 Å². The Labute approximate surface area is 179 Å². The second-order valence-electron chi connectivity index (χ2n) is 6.80. The zero-order valence-corrected chi connectivity index (χ0v) is 17.8. The van der Waals surface area contributed by atoms with Gasteiger partial charge in [-0.2, -0.15) is 4.31 Å². The van der Waals surface area contributed by atoms with Crippen LogP contribution in [0, 0.1) is 0 Å². The van der Waals surface area contributed by atoms with Crippen LogP contribution < -0.4 is 10.6 Å². The smallest absolute Gasteiger partial charge is 0.243 e. The van der Waals surface area contributed by atoms with Gasteiger partial charge in [0.15, 0.2) is 5.13 Å². The van der Waals surface area contributed by atoms with Crippen LogP contribution in [0.4, 0.5) is 10.8 Å². The molecule has 3 N–H and O–H groups in total. The van der Waals surface area contributed by atoms with Crippen molar-refractivity contribution in [2.75, 3.05) is 31.5 Å². The second kappa shape index (κ2) is 8.97. The van der Waals surface area contributed by atoms with E-state index in [-0.39, 0.29) is 10.6 Å². The number of hydrogen-bond donors (Lipinski definition) is 3. The Hall–Kier alpha value is -2.72. The number of anilines is 2. The van der Waals surface area contributed by atoms with Crippen LogP contribution in [0.2, 0.25) is 0 Å². The van der Waals surface area contributed by atoms with Gasteiger partial charge in [0.25, 0.3) is 0 Å². The van der Waals surface area contributed by atoms with Crippen LogP contribution in [0.3, 0.4) is 0 Å². The van der Waals surface area contributed by atoms with Gasteiger partial charge >= 0.3 is 0 Å². The van der Waals surface area contributed by atoms with Gasteiger partial charge in [-0.15, -0.1) is 0 Å². The van der Waals surface area contributed by atoms with E-state index in [1.165, 1.54) is 15.6 Å². The molecule has 0 bridgehead atoms. The minimum absolute atomic E-state index is 0.222. The fourth-order valence-electron chi connectivity index (χ4n) is 3.12. The second-order valence-corrected chi connectivity index (χ2v) is 9.80. The molecule has 1 aliphatic heterocycles. The average Bonchev–Trinajstić information content (AvgIpc) is 3.20. The van der Waals surface area contributed by atoms with Crippen LogP contribution in [-0.2, 0) is 10.0 Å². The number of piperazine rings is 1. The molecule has 156 valence electrons. The predicted octanol–water partition coefficient (Wildman–Crippen LogP) is 3.36. The third-order valence-corrected chi connectivity index (χ3v) is 7.41. The van der Waals surface area contributed by atoms with Crippen LogP contribution >= 0.6 is 11.3 Å². The van der Waals surface area contributed by atoms with Gasteiger partial charge in [0.2, 0.25) is 10.0 Å². The molecule has 4 rings (SSSR count). The molecule has 3 aromatic rings. The van der Waals surface area contributed by atoms with Gasteiger partial charge in [0.05, 0.1) is 4.90 Å². The number of rotatable bonds is 6. The van der Waals surface area contributed by atoms with Crippen molar-refractivity contribution in [3.05, 3.63) is 65.2 Å². The van der Waals surface area contributed by atoms with Gasteiger partial charge < -0.3 is 15.7 Å². The predicted molar refractivity (Wildman–Crippen MR) is 121 cm³/mol. The number of aromatic nitrogens is 1. The summed E-state index contributed by atoms with van der Waals surface area (Å²) in [6, 6.07) is 13.8. The molecule has 7 nitrogen and oxygen atoms in total. The molecule has 2 heterocycles. The lowest BCUT2D eigenvalue weighted by molar-refractivity contribution is 0.360. The number of sulfonamides is 1. The summed E-state index contributed by atoms with van der Waals surface area (Å²) in [7, 11) is -3.51. The summed E-state index contributed by atoms with van der Waals surface area (Å²) in [5, 5.41) is 16.6. The highest BCUT2D eigenvalue weighted by Gasteiger charge is 2.25. The third kappa shape index (κ3) is 4.88. The van der Waals surface area contributed by atoms with Gasteiger partial charge in [-0.25, -0.2) is 13.4 Å². The van der Waals surface area contributed by atoms with Gasteiger partial charge in [-0.1, -0.05) is 35.6 Å². The van der Waals surface area contributed by atoms with E-state index in [0.29, 0.717) is 37.0 Å². The first-order valence-electron chi connectivity index (χ1n) is 9.52. The number of nitrogens with zero attached hydrogens (tertiary/aromatic N) is 2. The number of thiazole rings is 1. The van der Waals surface area contributed by atoms with Crippen LogP contribution in [0.15, 0.2) is 59.6 Å². The Morgan fingerprint density at radius 1 is 1.10 bits per heavy atom. The summed E-state index contributed by atoms with van der Waals surface area (Å²) in [5.74, 6) is 0.222. The molecule has 0 aliphatic carbocycles. The lowest BCUT2D eigenvalue weighted by Crippen LogP contribution is -2.46. The molecule has 0 spiro atoms. The van der Waals surface area contributed by atoms with Crippen molar-refractivity contribution in [1.82, 2.24) is 14.6 Å². The van der Waals surface area contributed by atoms with E-state index in [4.69, 9.17) is 0 Å². The highest BCUT2D eigenvalue weighted by atomic mass is 32.2. The Bertz CT molecular complexity index is 1150. The van der Waals surface area contributed by atoms with E-state index in [1.807, 2.05) is 24.3 Å². The first-order chi connectivity index (χ1) is 14.5. The average molecular weight is 443 g/mol. The maximum atomic E-state index is 12.9. The molecule has 0 unspecified atom stereocenters. The molecule has 0 atom stereocenters. The van der Waals surface area contributed by atoms with Crippen molar-refractivity contribution in [2.24, 2.45) is 0 Å². The zero-order chi connectivity index (χ0) is 21.0. The zero-order valence-electron chi connectivity index (χ0n) is 16.2. The first-order valence-corrected chi connectivity index (χ1v) is 11.8. The molecule has 2 aromatic carbocycles. The molecule has 1 aliphatic rings. The Morgan fingerprint density at radius 2 is 1.90 bits per heavy atom. The number of hydrogen-bond acceptors (Lipinski definition) is 7. The summed E-state index contributed by atoms with van der Waals surface area (Å²) in [4.78, 5) is 5.57. The highest BCUT2D eigenvalue weighted by Crippen LogP contribution is 2.26. The van der Waals surface area contributed by atoms with Crippen molar-refractivity contribution in [1.29, 1.82) is 0 Å². The number of benzene rings is 2. The lowest BCUT2D eigenvalue weighted by Gasteiger charge is -2.26. The SMILES string of the molecule is O=S(=O)(c1cccc(Nc2ncc(/C=C/c3cccc(O)c3)s2)c1)N1CCNCC1. The number of phenolic OH excluding ortho intramolecular Hbond substituents is 1. The van der Waals surface area contributed by atoms with E-state index in [9.17, 15) is 13.5 Å². The van der Waals surface area contributed by atoms with E-state index < -0.39 is 10.0 Å². The van der Waals surface area contributed by atoms with Crippen LogP contribution in [0.1, 0.15) is 10.4 Å². The maximum Gasteiger partial charge on any atom is 0.243 e. The van der Waals surface area contributed by atoms with E-state index in [1.54, 1.807) is 42.6 Å². The topological polar surface area (TPSA) is 94.6 Å². The molecule has 9 heteroatoms. The van der Waals surface area contributed by atoms with Crippen LogP contribution in [0.5, 0.6) is 5.75 Å². The number of nitrogens with one attached hydrogen (secondary N) is 2. The highest BCUT2D eigenvalue weighted by molar-refractivity contribution is 7.89. The largest absolute Gasteiger partial charge is 0.508 e. The monoisotopic (exact) mass is 442 g/mol. The molecule has 1 fully saturated rings. The summed E-state index contributed by atoms with van der Waals surface area (Å²) < 4.78 is 27.3. The standard InChI is InChI=1S/C21H22N4O3S2/c26-18-5-1-3-16(13-18)7-8-19-15-23-21(29-19)24-17-4-2-6-20(14-17)30(27,28)25-11-9-22-10-12-25/h1-8,13-15,22,26H,9-12H2,(H,23,24)/b8-7+. The van der Waals surface area contributed by atoms with Crippen molar-refractivity contribution < 1.29 is 13.5 Å². The molecule has 0 radical (unpaired) electrons. The van der Waals surface area contributed by atoms with E-state index >= 15 is 0 Å². The Balaban J connectivity index is 1.47. The minimum atomic E-state index is -3.51. The molecule has 0 saturated carbocycles. The summed E-state index contributed by atoms with van der Waals surface area (Å²) in [6.07, 6.45) is 5.56. The van der Waals surface area contributed by atoms with Crippen LogP contribution in [0.25, 0.3) is 12.2 Å². The van der Waals surface area contributed by atoms with Crippen molar-refractivity contribution in [2.45, 2.75) is 4.90 Å². The minimum Gasteiger partial charge on any atom is -0.508 e. The fourth-order valence-corrected chi connectivity index (χ4v) is 5.35.